The molecule has 0 spiro atoms. The van der Waals surface area contributed by atoms with Crippen molar-refractivity contribution in [1.29, 1.82) is 0 Å². The average molecular weight is 220 g/mol. The average Bonchev–Trinajstić information content (AvgIpc) is 2.34. The van der Waals surface area contributed by atoms with Gasteiger partial charge in [0.2, 0.25) is 0 Å². The molecule has 0 bridgehead atoms. The van der Waals surface area contributed by atoms with Crippen LogP contribution in [0.2, 0.25) is 0 Å². The molecule has 76 valence electrons. The van der Waals surface area contributed by atoms with E-state index in [0.29, 0.717) is 0 Å². The maximum atomic E-state index is 11.2. The first kappa shape index (κ1) is 11.0. The van der Waals surface area contributed by atoms with Crippen LogP contribution in [0, 0.1) is 0 Å². The van der Waals surface area contributed by atoms with E-state index in [9.17, 15) is 5.11 Å². The summed E-state index contributed by atoms with van der Waals surface area (Å²) in [4.78, 5) is 3.96. The Bertz CT molecular complexity index is 195. The molecule has 0 aromatic rings. The van der Waals surface area contributed by atoms with Gasteiger partial charge in [0.05, 0.1) is 6.04 Å². The lowest BCUT2D eigenvalue weighted by Crippen LogP contribution is -2.33. The second kappa shape index (κ2) is 4.46. The van der Waals surface area contributed by atoms with Crippen LogP contribution in [0.25, 0.3) is 0 Å². The Morgan fingerprint density at radius 2 is 1.92 bits per heavy atom. The molecule has 1 fully saturated rings. The molecule has 1 aliphatic rings. The summed E-state index contributed by atoms with van der Waals surface area (Å²) in [5.41, 5.74) is -0.431. The summed E-state index contributed by atoms with van der Waals surface area (Å²) < 4.78 is 5.08. The van der Waals surface area contributed by atoms with Crippen molar-refractivity contribution in [3.05, 3.63) is 0 Å². The van der Waals surface area contributed by atoms with Gasteiger partial charge in [-0.1, -0.05) is 42.4 Å². The van der Waals surface area contributed by atoms with Gasteiger partial charge in [0.1, 0.15) is 6.08 Å². The Morgan fingerprint density at radius 3 is 2.38 bits per heavy atom. The van der Waals surface area contributed by atoms with E-state index in [-0.39, 0.29) is 6.04 Å². The summed E-state index contributed by atoms with van der Waals surface area (Å²) >= 11 is 0. The lowest BCUT2D eigenvalue weighted by Gasteiger charge is -2.29. The van der Waals surface area contributed by atoms with Gasteiger partial charge in [-0.2, -0.15) is 0 Å². The fraction of sp³-hybridized carbons (Fsp3) is 0.875. The van der Waals surface area contributed by atoms with Crippen LogP contribution >= 0.6 is 21.6 Å². The number of hydrogen-bond donors (Lipinski definition) is 0. The van der Waals surface area contributed by atoms with Gasteiger partial charge in [0.15, 0.2) is 0 Å². The smallest absolute Gasteiger partial charge is 0.146 e. The highest BCUT2D eigenvalue weighted by Crippen LogP contribution is 2.32. The molecule has 0 aromatic heterocycles. The number of nitrogens with zero attached hydrogens (tertiary/aromatic N) is 1. The van der Waals surface area contributed by atoms with E-state index in [1.165, 1.54) is 0 Å². The molecular formula is C8H14NO2S2-. The van der Waals surface area contributed by atoms with E-state index in [1.807, 2.05) is 20.8 Å². The molecule has 13 heavy (non-hydrogen) atoms. The molecule has 0 aliphatic carbocycles. The van der Waals surface area contributed by atoms with Crippen molar-refractivity contribution in [2.75, 3.05) is 11.5 Å². The van der Waals surface area contributed by atoms with Crippen LogP contribution in [0.5, 0.6) is 0 Å². The van der Waals surface area contributed by atoms with Crippen molar-refractivity contribution in [2.24, 2.45) is 4.99 Å². The molecule has 3 nitrogen and oxygen atoms in total. The summed E-state index contributed by atoms with van der Waals surface area (Å²) in [5.74, 6) is 1.84. The Hall–Kier alpha value is -0.0300. The molecule has 5 heteroatoms. The van der Waals surface area contributed by atoms with Crippen LogP contribution in [0.1, 0.15) is 20.8 Å². The molecule has 0 aromatic carbocycles. The molecule has 0 atom stereocenters. The second-order valence-electron chi connectivity index (χ2n) is 3.83. The third kappa shape index (κ3) is 4.67. The predicted octanol–water partition coefficient (Wildman–Crippen LogP) is 1.28. The van der Waals surface area contributed by atoms with Gasteiger partial charge >= 0.3 is 0 Å². The second-order valence-corrected chi connectivity index (χ2v) is 6.38. The summed E-state index contributed by atoms with van der Waals surface area (Å²) in [6, 6.07) is 0.143. The normalized spacial score (nSPS) is 20.7. The van der Waals surface area contributed by atoms with Gasteiger partial charge in [0, 0.05) is 17.1 Å². The monoisotopic (exact) mass is 220 g/mol. The Labute approximate surface area is 86.7 Å². The minimum absolute atomic E-state index is 0.143. The molecule has 0 N–H and O–H groups in total. The maximum Gasteiger partial charge on any atom is 0.146 e. The zero-order valence-corrected chi connectivity index (χ0v) is 9.70. The molecule has 1 rings (SSSR count). The first-order valence-electron chi connectivity index (χ1n) is 4.15. The topological polar surface area (TPSA) is 44.6 Å². The molecule has 1 heterocycles. The van der Waals surface area contributed by atoms with E-state index in [4.69, 9.17) is 4.74 Å². The van der Waals surface area contributed by atoms with Crippen LogP contribution in [0.15, 0.2) is 4.99 Å². The molecule has 1 aliphatic heterocycles. The highest BCUT2D eigenvalue weighted by Gasteiger charge is 2.15. The summed E-state index contributed by atoms with van der Waals surface area (Å²) in [7, 11) is 3.51. The number of hydrogen-bond acceptors (Lipinski definition) is 5. The van der Waals surface area contributed by atoms with Gasteiger partial charge in [-0.05, 0) is 0 Å². The molecule has 0 saturated carbocycles. The largest absolute Gasteiger partial charge is 0.595 e. The molecular weight excluding hydrogens is 206 g/mol. The van der Waals surface area contributed by atoms with Crippen LogP contribution < -0.4 is 5.11 Å². The highest BCUT2D eigenvalue weighted by molar-refractivity contribution is 8.77. The van der Waals surface area contributed by atoms with Crippen LogP contribution in [0.3, 0.4) is 0 Å². The number of rotatable bonds is 1. The Morgan fingerprint density at radius 1 is 1.38 bits per heavy atom. The maximum absolute atomic E-state index is 11.2. The van der Waals surface area contributed by atoms with Gasteiger partial charge in [-0.25, -0.2) is 0 Å². The fourth-order valence-electron chi connectivity index (χ4n) is 0.813. The lowest BCUT2D eigenvalue weighted by atomic mass is 10.2. The van der Waals surface area contributed by atoms with Crippen molar-refractivity contribution in [1.82, 2.24) is 0 Å². The van der Waals surface area contributed by atoms with Crippen LogP contribution in [0.4, 0.5) is 0 Å². The fourth-order valence-corrected chi connectivity index (χ4v) is 3.37. The van der Waals surface area contributed by atoms with Gasteiger partial charge in [-0.3, -0.25) is 4.99 Å². The van der Waals surface area contributed by atoms with Crippen LogP contribution in [-0.2, 0) is 4.74 Å². The van der Waals surface area contributed by atoms with Gasteiger partial charge in [0.25, 0.3) is 0 Å². The first-order chi connectivity index (χ1) is 5.97. The summed E-state index contributed by atoms with van der Waals surface area (Å²) in [5, 5.41) is 11.2. The lowest BCUT2D eigenvalue weighted by molar-refractivity contribution is -0.260. The summed E-state index contributed by atoms with van der Waals surface area (Å²) in [6.45, 7) is 5.54. The molecule has 1 saturated heterocycles. The van der Waals surface area contributed by atoms with E-state index in [0.717, 1.165) is 11.5 Å². The van der Waals surface area contributed by atoms with Crippen molar-refractivity contribution >= 4 is 27.7 Å². The third-order valence-electron chi connectivity index (χ3n) is 1.29. The van der Waals surface area contributed by atoms with Crippen molar-refractivity contribution < 1.29 is 9.84 Å². The van der Waals surface area contributed by atoms with Gasteiger partial charge in [-0.15, -0.1) is 0 Å². The molecule has 0 unspecified atom stereocenters. The van der Waals surface area contributed by atoms with Crippen LogP contribution in [-0.4, -0.2) is 29.2 Å². The van der Waals surface area contributed by atoms with E-state index < -0.39 is 11.7 Å². The minimum atomic E-state index is -0.431. The SMILES string of the molecule is CC(C)(C)OC([O-])=NC1CSSC1. The first-order valence-corrected chi connectivity index (χ1v) is 6.64. The van der Waals surface area contributed by atoms with Crippen molar-refractivity contribution in [3.63, 3.8) is 0 Å². The zero-order valence-electron chi connectivity index (χ0n) is 8.07. The van der Waals surface area contributed by atoms with E-state index >= 15 is 0 Å². The van der Waals surface area contributed by atoms with E-state index in [1.54, 1.807) is 21.6 Å². The number of ether oxygens (including phenoxy) is 1. The van der Waals surface area contributed by atoms with Gasteiger partial charge < -0.3 is 9.84 Å². The third-order valence-corrected chi connectivity index (χ3v) is 3.81. The standard InChI is InChI=1S/C8H15NO2S2/c1-8(2,3)11-7(10)9-6-4-12-13-5-6/h6H,4-5H2,1-3H3,(H,9,10)/p-1. The Balaban J connectivity index is 2.41. The van der Waals surface area contributed by atoms with E-state index in [2.05, 4.69) is 4.99 Å². The minimum Gasteiger partial charge on any atom is -0.595 e. The Kier molecular flexibility index (Phi) is 3.79. The van der Waals surface area contributed by atoms with Crippen molar-refractivity contribution in [2.45, 2.75) is 32.4 Å². The molecule has 0 amide bonds. The summed E-state index contributed by atoms with van der Waals surface area (Å²) in [6.07, 6.45) is -0.430. The number of aliphatic imine (C=N–C) groups is 1. The highest BCUT2D eigenvalue weighted by atomic mass is 33.1. The molecule has 0 radical (unpaired) electrons. The zero-order chi connectivity index (χ0) is 9.90. The predicted molar refractivity (Wildman–Crippen MR) is 57.0 cm³/mol. The quantitative estimate of drug-likeness (QED) is 0.379. The van der Waals surface area contributed by atoms with Crippen molar-refractivity contribution in [3.8, 4) is 0 Å².